The number of benzene rings is 1. The number of carbonyl (C=O) groups excluding carboxylic acids is 1. The Morgan fingerprint density at radius 1 is 1.47 bits per heavy atom. The summed E-state index contributed by atoms with van der Waals surface area (Å²) in [5, 5.41) is -0.201. The second-order valence-corrected chi connectivity index (χ2v) is 6.13. The molecule has 1 saturated heterocycles. The third-order valence-corrected chi connectivity index (χ3v) is 4.99. The molecule has 1 aliphatic rings. The average molecular weight is 288 g/mol. The van der Waals surface area contributed by atoms with Crippen molar-refractivity contribution in [1.29, 1.82) is 0 Å². The molecule has 1 aliphatic heterocycles. The molecule has 0 N–H and O–H groups in total. The summed E-state index contributed by atoms with van der Waals surface area (Å²) < 4.78 is 43.5. The summed E-state index contributed by atoms with van der Waals surface area (Å²) >= 11 is 0. The van der Waals surface area contributed by atoms with Crippen molar-refractivity contribution >= 4 is 16.6 Å². The first kappa shape index (κ1) is 14.3. The Labute approximate surface area is 112 Å². The molecule has 19 heavy (non-hydrogen) atoms. The molecule has 1 aromatic rings. The molecule has 1 heterocycles. The van der Waals surface area contributed by atoms with Crippen LogP contribution >= 0.6 is 0 Å². The van der Waals surface area contributed by atoms with Crippen molar-refractivity contribution in [3.63, 3.8) is 0 Å². The molecule has 3 nitrogen and oxygen atoms in total. The molecule has 0 bridgehead atoms. The highest BCUT2D eigenvalue weighted by atomic mass is 32.2. The van der Waals surface area contributed by atoms with Crippen LogP contribution in [0.5, 0.6) is 0 Å². The van der Waals surface area contributed by atoms with E-state index >= 15 is 0 Å². The first-order valence-electron chi connectivity index (χ1n) is 5.96. The van der Waals surface area contributed by atoms with Crippen molar-refractivity contribution in [2.45, 2.75) is 24.7 Å². The van der Waals surface area contributed by atoms with Crippen molar-refractivity contribution in [2.24, 2.45) is 0 Å². The molecule has 0 saturated carbocycles. The van der Waals surface area contributed by atoms with Crippen molar-refractivity contribution in [3.05, 3.63) is 35.4 Å². The van der Waals surface area contributed by atoms with Crippen molar-refractivity contribution in [3.8, 4) is 0 Å². The van der Waals surface area contributed by atoms with Crippen LogP contribution in [0.3, 0.4) is 0 Å². The molecular formula is C13H14F2O3S. The molecule has 3 unspecified atom stereocenters. The molecule has 0 spiro atoms. The smallest absolute Gasteiger partial charge is 0.178 e. The Bertz CT molecular complexity index is 519. The highest BCUT2D eigenvalue weighted by Gasteiger charge is 2.31. The zero-order valence-electron chi connectivity index (χ0n) is 10.4. The van der Waals surface area contributed by atoms with E-state index in [9.17, 15) is 17.8 Å². The maximum Gasteiger partial charge on any atom is 0.178 e. The summed E-state index contributed by atoms with van der Waals surface area (Å²) in [5.74, 6) is -2.50. The fraction of sp³-hybridized carbons (Fsp3) is 0.462. The molecule has 0 aliphatic carbocycles. The van der Waals surface area contributed by atoms with Gasteiger partial charge in [-0.2, -0.15) is 0 Å². The van der Waals surface area contributed by atoms with Gasteiger partial charge in [0, 0.05) is 23.5 Å². The van der Waals surface area contributed by atoms with Crippen LogP contribution in [-0.4, -0.2) is 33.7 Å². The SMILES string of the molecule is CC1OCCC1S(=O)CC(=O)c1ccc(F)cc1F. The van der Waals surface area contributed by atoms with Crippen LogP contribution in [0.2, 0.25) is 0 Å². The van der Waals surface area contributed by atoms with Gasteiger partial charge in [0.15, 0.2) is 5.78 Å². The summed E-state index contributed by atoms with van der Waals surface area (Å²) in [5.41, 5.74) is -0.221. The predicted molar refractivity (Wildman–Crippen MR) is 67.5 cm³/mol. The Hall–Kier alpha value is -1.14. The normalized spacial score (nSPS) is 24.4. The van der Waals surface area contributed by atoms with Crippen molar-refractivity contribution in [1.82, 2.24) is 0 Å². The maximum atomic E-state index is 13.4. The predicted octanol–water partition coefficient (Wildman–Crippen LogP) is 2.07. The first-order chi connectivity index (χ1) is 8.99. The van der Waals surface area contributed by atoms with Crippen LogP contribution in [0.15, 0.2) is 18.2 Å². The lowest BCUT2D eigenvalue weighted by Crippen LogP contribution is -2.28. The van der Waals surface area contributed by atoms with Crippen LogP contribution in [0, 0.1) is 11.6 Å². The number of carbonyl (C=O) groups is 1. The molecule has 0 aromatic heterocycles. The number of ketones is 1. The molecule has 0 radical (unpaired) electrons. The van der Waals surface area contributed by atoms with Crippen LogP contribution in [0.25, 0.3) is 0 Å². The highest BCUT2D eigenvalue weighted by molar-refractivity contribution is 7.86. The molecule has 6 heteroatoms. The number of hydrogen-bond acceptors (Lipinski definition) is 3. The number of ether oxygens (including phenoxy) is 1. The van der Waals surface area contributed by atoms with Gasteiger partial charge in [-0.15, -0.1) is 0 Å². The van der Waals surface area contributed by atoms with E-state index in [0.717, 1.165) is 12.1 Å². The van der Waals surface area contributed by atoms with Gasteiger partial charge >= 0.3 is 0 Å². The van der Waals surface area contributed by atoms with E-state index in [2.05, 4.69) is 0 Å². The van der Waals surface area contributed by atoms with Crippen molar-refractivity contribution < 1.29 is 22.5 Å². The van der Waals surface area contributed by atoms with Gasteiger partial charge in [-0.3, -0.25) is 9.00 Å². The minimum absolute atomic E-state index is 0.160. The highest BCUT2D eigenvalue weighted by Crippen LogP contribution is 2.20. The van der Waals surface area contributed by atoms with Crippen LogP contribution < -0.4 is 0 Å². The lowest BCUT2D eigenvalue weighted by molar-refractivity contribution is 0.101. The monoisotopic (exact) mass is 288 g/mol. The topological polar surface area (TPSA) is 43.4 Å². The lowest BCUT2D eigenvalue weighted by atomic mass is 10.1. The summed E-state index contributed by atoms with van der Waals surface area (Å²) in [4.78, 5) is 11.9. The maximum absolute atomic E-state index is 13.4. The van der Waals surface area contributed by atoms with Gasteiger partial charge in [0.05, 0.1) is 22.7 Å². The molecular weight excluding hydrogens is 274 g/mol. The Balaban J connectivity index is 2.06. The van der Waals surface area contributed by atoms with Crippen LogP contribution in [-0.2, 0) is 15.5 Å². The first-order valence-corrected chi connectivity index (χ1v) is 7.34. The summed E-state index contributed by atoms with van der Waals surface area (Å²) in [6.07, 6.45) is 0.471. The second-order valence-electron chi connectivity index (χ2n) is 4.48. The standard InChI is InChI=1S/C13H14F2O3S/c1-8-13(4-5-18-8)19(17)7-12(16)10-3-2-9(14)6-11(10)15/h2-3,6,8,13H,4-5,7H2,1H3. The minimum Gasteiger partial charge on any atom is -0.377 e. The molecule has 1 aromatic carbocycles. The van der Waals surface area contributed by atoms with Crippen LogP contribution in [0.1, 0.15) is 23.7 Å². The number of halogens is 2. The Morgan fingerprint density at radius 3 is 2.79 bits per heavy atom. The summed E-state index contributed by atoms with van der Waals surface area (Å²) in [6, 6.07) is 2.75. The van der Waals surface area contributed by atoms with Gasteiger partial charge in [0.25, 0.3) is 0 Å². The minimum atomic E-state index is -1.40. The third-order valence-electron chi connectivity index (χ3n) is 3.15. The Morgan fingerprint density at radius 2 is 2.21 bits per heavy atom. The molecule has 0 amide bonds. The van der Waals surface area contributed by atoms with E-state index in [4.69, 9.17) is 4.74 Å². The average Bonchev–Trinajstić information content (AvgIpc) is 2.75. The zero-order chi connectivity index (χ0) is 14.0. The third kappa shape index (κ3) is 3.25. The molecule has 2 rings (SSSR count). The van der Waals surface area contributed by atoms with Gasteiger partial charge in [-0.1, -0.05) is 0 Å². The van der Waals surface area contributed by atoms with Gasteiger partial charge in [0.2, 0.25) is 0 Å². The molecule has 104 valence electrons. The molecule has 1 fully saturated rings. The largest absolute Gasteiger partial charge is 0.377 e. The second kappa shape index (κ2) is 5.88. The fourth-order valence-electron chi connectivity index (χ4n) is 2.09. The number of hydrogen-bond donors (Lipinski definition) is 0. The Kier molecular flexibility index (Phi) is 4.42. The van der Waals surface area contributed by atoms with E-state index in [1.807, 2.05) is 0 Å². The van der Waals surface area contributed by atoms with Crippen LogP contribution in [0.4, 0.5) is 8.78 Å². The summed E-state index contributed by atoms with van der Waals surface area (Å²) in [7, 11) is -1.40. The van der Waals surface area contributed by atoms with E-state index in [-0.39, 0.29) is 22.7 Å². The van der Waals surface area contributed by atoms with Crippen molar-refractivity contribution in [2.75, 3.05) is 12.4 Å². The fourth-order valence-corrected chi connectivity index (χ4v) is 3.58. The number of Topliss-reactive ketones (excluding diaryl/α,β-unsaturated/α-hetero) is 1. The van der Waals surface area contributed by atoms with Gasteiger partial charge in [-0.05, 0) is 25.5 Å². The lowest BCUT2D eigenvalue weighted by Gasteiger charge is -2.13. The van der Waals surface area contributed by atoms with E-state index in [1.54, 1.807) is 6.92 Å². The van der Waals surface area contributed by atoms with E-state index in [0.29, 0.717) is 19.1 Å². The van der Waals surface area contributed by atoms with Gasteiger partial charge in [-0.25, -0.2) is 8.78 Å². The number of rotatable bonds is 4. The quantitative estimate of drug-likeness (QED) is 0.797. The van der Waals surface area contributed by atoms with Gasteiger partial charge < -0.3 is 4.74 Å². The zero-order valence-corrected chi connectivity index (χ0v) is 11.2. The van der Waals surface area contributed by atoms with Gasteiger partial charge in [0.1, 0.15) is 11.6 Å². The van der Waals surface area contributed by atoms with E-state index in [1.165, 1.54) is 0 Å². The molecule has 3 atom stereocenters. The van der Waals surface area contributed by atoms with E-state index < -0.39 is 28.2 Å². The summed E-state index contributed by atoms with van der Waals surface area (Å²) in [6.45, 7) is 2.33.